The maximum Gasteiger partial charge on any atom is 0.339 e. The Kier molecular flexibility index (Phi) is 5.07. The van der Waals surface area contributed by atoms with Gasteiger partial charge in [-0.25, -0.2) is 4.79 Å². The SMILES string of the molecule is COC(=O)c1cc(C(C)C)n(Cc2ccccc2)c1C(C)C. The lowest BCUT2D eigenvalue weighted by molar-refractivity contribution is 0.0599. The number of ether oxygens (including phenoxy) is 1. The van der Waals surface area contributed by atoms with Gasteiger partial charge in [0.05, 0.1) is 12.7 Å². The van der Waals surface area contributed by atoms with E-state index in [1.165, 1.54) is 18.4 Å². The Hall–Kier alpha value is -2.03. The molecule has 1 heterocycles. The molecular weight excluding hydrogens is 274 g/mol. The fourth-order valence-electron chi connectivity index (χ4n) is 2.90. The summed E-state index contributed by atoms with van der Waals surface area (Å²) < 4.78 is 7.25. The monoisotopic (exact) mass is 299 g/mol. The molecule has 0 saturated heterocycles. The molecule has 3 heteroatoms. The van der Waals surface area contributed by atoms with Crippen LogP contribution < -0.4 is 0 Å². The van der Waals surface area contributed by atoms with Gasteiger partial charge in [0.2, 0.25) is 0 Å². The maximum absolute atomic E-state index is 12.1. The molecule has 118 valence electrons. The molecule has 22 heavy (non-hydrogen) atoms. The van der Waals surface area contributed by atoms with E-state index in [1.54, 1.807) is 0 Å². The summed E-state index contributed by atoms with van der Waals surface area (Å²) in [4.78, 5) is 12.1. The molecule has 0 amide bonds. The molecule has 1 aromatic carbocycles. The summed E-state index contributed by atoms with van der Waals surface area (Å²) in [6, 6.07) is 12.3. The number of rotatable bonds is 5. The van der Waals surface area contributed by atoms with Gasteiger partial charge in [-0.2, -0.15) is 0 Å². The smallest absolute Gasteiger partial charge is 0.339 e. The van der Waals surface area contributed by atoms with Crippen LogP contribution in [0.4, 0.5) is 0 Å². The summed E-state index contributed by atoms with van der Waals surface area (Å²) in [5.74, 6) is 0.349. The molecule has 0 bridgehead atoms. The van der Waals surface area contributed by atoms with Crippen molar-refractivity contribution in [3.05, 3.63) is 58.9 Å². The standard InChI is InChI=1S/C19H25NO2/c1-13(2)17-11-16(19(21)22-5)18(14(3)4)20(17)12-15-9-7-6-8-10-15/h6-11,13-14H,12H2,1-5H3. The van der Waals surface area contributed by atoms with Crippen LogP contribution in [0.5, 0.6) is 0 Å². The van der Waals surface area contributed by atoms with Gasteiger partial charge in [-0.1, -0.05) is 58.0 Å². The van der Waals surface area contributed by atoms with E-state index in [1.807, 2.05) is 24.3 Å². The molecule has 2 rings (SSSR count). The topological polar surface area (TPSA) is 31.2 Å². The van der Waals surface area contributed by atoms with Crippen molar-refractivity contribution in [1.29, 1.82) is 0 Å². The molecule has 0 saturated carbocycles. The Bertz CT molecular complexity index is 639. The Morgan fingerprint density at radius 1 is 1.09 bits per heavy atom. The Morgan fingerprint density at radius 3 is 2.23 bits per heavy atom. The van der Waals surface area contributed by atoms with Gasteiger partial charge in [0.1, 0.15) is 0 Å². The number of carbonyl (C=O) groups is 1. The third-order valence-corrected chi connectivity index (χ3v) is 3.90. The predicted octanol–water partition coefficient (Wildman–Crippen LogP) is 4.57. The zero-order valence-corrected chi connectivity index (χ0v) is 14.1. The van der Waals surface area contributed by atoms with Crippen molar-refractivity contribution < 1.29 is 9.53 Å². The highest BCUT2D eigenvalue weighted by molar-refractivity contribution is 5.91. The van der Waals surface area contributed by atoms with E-state index in [2.05, 4.69) is 44.4 Å². The second-order valence-corrected chi connectivity index (χ2v) is 6.24. The summed E-state index contributed by atoms with van der Waals surface area (Å²) in [6.07, 6.45) is 0. The van der Waals surface area contributed by atoms with Gasteiger partial charge < -0.3 is 9.30 Å². The molecule has 0 unspecified atom stereocenters. The molecule has 3 nitrogen and oxygen atoms in total. The maximum atomic E-state index is 12.1. The second-order valence-electron chi connectivity index (χ2n) is 6.24. The van der Waals surface area contributed by atoms with Gasteiger partial charge in [0, 0.05) is 17.9 Å². The van der Waals surface area contributed by atoms with Crippen LogP contribution in [0, 0.1) is 0 Å². The lowest BCUT2D eigenvalue weighted by Crippen LogP contribution is -2.13. The number of nitrogens with zero attached hydrogens (tertiary/aromatic N) is 1. The molecule has 2 aromatic rings. The molecule has 0 radical (unpaired) electrons. The van der Waals surface area contributed by atoms with Crippen LogP contribution in [-0.2, 0) is 11.3 Å². The van der Waals surface area contributed by atoms with Crippen molar-refractivity contribution in [3.8, 4) is 0 Å². The number of hydrogen-bond acceptors (Lipinski definition) is 2. The Labute approximate surface area is 132 Å². The van der Waals surface area contributed by atoms with Crippen LogP contribution in [0.25, 0.3) is 0 Å². The molecule has 0 atom stereocenters. The van der Waals surface area contributed by atoms with E-state index in [4.69, 9.17) is 4.74 Å². The summed E-state index contributed by atoms with van der Waals surface area (Å²) in [6.45, 7) is 9.32. The van der Waals surface area contributed by atoms with Gasteiger partial charge in [-0.05, 0) is 23.5 Å². The summed E-state index contributed by atoms with van der Waals surface area (Å²) in [5.41, 5.74) is 4.16. The summed E-state index contributed by atoms with van der Waals surface area (Å²) >= 11 is 0. The normalized spacial score (nSPS) is 11.2. The summed E-state index contributed by atoms with van der Waals surface area (Å²) in [5, 5.41) is 0. The van der Waals surface area contributed by atoms with Crippen molar-refractivity contribution in [2.24, 2.45) is 0 Å². The zero-order valence-electron chi connectivity index (χ0n) is 14.1. The van der Waals surface area contributed by atoms with E-state index >= 15 is 0 Å². The fourth-order valence-corrected chi connectivity index (χ4v) is 2.90. The molecule has 0 N–H and O–H groups in total. The molecule has 1 aromatic heterocycles. The lowest BCUT2D eigenvalue weighted by atomic mass is 10.1. The highest BCUT2D eigenvalue weighted by Crippen LogP contribution is 2.29. The molecule has 0 aliphatic carbocycles. The molecule has 0 spiro atoms. The van der Waals surface area contributed by atoms with E-state index in [9.17, 15) is 4.79 Å². The number of hydrogen-bond donors (Lipinski definition) is 0. The van der Waals surface area contributed by atoms with Crippen LogP contribution in [0.15, 0.2) is 36.4 Å². The number of esters is 1. The molecule has 0 fully saturated rings. The number of carbonyl (C=O) groups excluding carboxylic acids is 1. The minimum absolute atomic E-state index is 0.252. The Balaban J connectivity index is 2.58. The first-order valence-corrected chi connectivity index (χ1v) is 7.81. The van der Waals surface area contributed by atoms with Gasteiger partial charge in [0.15, 0.2) is 0 Å². The van der Waals surface area contributed by atoms with Crippen molar-refractivity contribution >= 4 is 5.97 Å². The number of aromatic nitrogens is 1. The minimum atomic E-state index is -0.252. The van der Waals surface area contributed by atoms with Gasteiger partial charge >= 0.3 is 5.97 Å². The highest BCUT2D eigenvalue weighted by atomic mass is 16.5. The Morgan fingerprint density at radius 2 is 1.73 bits per heavy atom. The minimum Gasteiger partial charge on any atom is -0.465 e. The first-order valence-electron chi connectivity index (χ1n) is 7.81. The lowest BCUT2D eigenvalue weighted by Gasteiger charge is -2.18. The number of benzene rings is 1. The van der Waals surface area contributed by atoms with Crippen LogP contribution in [0.3, 0.4) is 0 Å². The van der Waals surface area contributed by atoms with Crippen molar-refractivity contribution in [3.63, 3.8) is 0 Å². The molecule has 0 aliphatic heterocycles. The number of methoxy groups -OCH3 is 1. The molecule has 0 aliphatic rings. The fraction of sp³-hybridized carbons (Fsp3) is 0.421. The molecular formula is C19H25NO2. The van der Waals surface area contributed by atoms with E-state index in [-0.39, 0.29) is 11.9 Å². The third kappa shape index (κ3) is 3.24. The first kappa shape index (κ1) is 16.3. The van der Waals surface area contributed by atoms with Crippen LogP contribution in [0.1, 0.15) is 66.8 Å². The second kappa shape index (κ2) is 6.82. The third-order valence-electron chi connectivity index (χ3n) is 3.90. The average Bonchev–Trinajstić information content (AvgIpc) is 2.87. The van der Waals surface area contributed by atoms with E-state index in [0.717, 1.165) is 12.2 Å². The average molecular weight is 299 g/mol. The van der Waals surface area contributed by atoms with Crippen molar-refractivity contribution in [2.75, 3.05) is 7.11 Å². The van der Waals surface area contributed by atoms with Gasteiger partial charge in [-0.15, -0.1) is 0 Å². The van der Waals surface area contributed by atoms with Crippen LogP contribution in [0.2, 0.25) is 0 Å². The highest BCUT2D eigenvalue weighted by Gasteiger charge is 2.24. The first-order chi connectivity index (χ1) is 10.5. The van der Waals surface area contributed by atoms with Crippen molar-refractivity contribution in [2.45, 2.75) is 46.1 Å². The van der Waals surface area contributed by atoms with Gasteiger partial charge in [0.25, 0.3) is 0 Å². The van der Waals surface area contributed by atoms with E-state index in [0.29, 0.717) is 11.5 Å². The van der Waals surface area contributed by atoms with Gasteiger partial charge in [-0.3, -0.25) is 0 Å². The van der Waals surface area contributed by atoms with Crippen LogP contribution in [-0.4, -0.2) is 17.6 Å². The predicted molar refractivity (Wildman–Crippen MR) is 89.5 cm³/mol. The van der Waals surface area contributed by atoms with E-state index < -0.39 is 0 Å². The van der Waals surface area contributed by atoms with Crippen molar-refractivity contribution in [1.82, 2.24) is 4.57 Å². The quantitative estimate of drug-likeness (QED) is 0.757. The van der Waals surface area contributed by atoms with Crippen LogP contribution >= 0.6 is 0 Å². The zero-order chi connectivity index (χ0) is 16.3. The summed E-state index contributed by atoms with van der Waals surface area (Å²) in [7, 11) is 1.44. The largest absolute Gasteiger partial charge is 0.465 e.